The molecule has 0 radical (unpaired) electrons. The maximum absolute atomic E-state index is 12.5. The summed E-state index contributed by atoms with van der Waals surface area (Å²) in [6.07, 6.45) is 3.33. The van der Waals surface area contributed by atoms with Crippen LogP contribution in [-0.4, -0.2) is 27.5 Å². The van der Waals surface area contributed by atoms with E-state index in [2.05, 4.69) is 37.0 Å². The number of pyridine rings is 1. The molecule has 4 heteroatoms. The highest BCUT2D eigenvalue weighted by Crippen LogP contribution is 2.30. The second-order valence-corrected chi connectivity index (χ2v) is 7.08. The van der Waals surface area contributed by atoms with Gasteiger partial charge < -0.3 is 4.90 Å². The summed E-state index contributed by atoms with van der Waals surface area (Å²) in [5, 5.41) is 0. The lowest BCUT2D eigenvalue weighted by atomic mass is 9.90. The fourth-order valence-corrected chi connectivity index (χ4v) is 3.75. The minimum absolute atomic E-state index is 0.241. The summed E-state index contributed by atoms with van der Waals surface area (Å²) in [5.41, 5.74) is 8.05. The number of fused-ring (bicyclic) bond motifs is 2. The molecule has 0 saturated heterocycles. The van der Waals surface area contributed by atoms with Crippen LogP contribution in [0.5, 0.6) is 0 Å². The largest absolute Gasteiger partial charge is 0.335 e. The van der Waals surface area contributed by atoms with Gasteiger partial charge in [0.25, 0.3) is 0 Å². The topological polar surface area (TPSA) is 45.6 Å². The van der Waals surface area contributed by atoms with Gasteiger partial charge in [-0.15, -0.1) is 0 Å². The van der Waals surface area contributed by atoms with Crippen LogP contribution < -0.4 is 0 Å². The number of nitrogens with zero attached hydrogens (tertiary/aromatic N) is 3. The van der Waals surface area contributed by atoms with Crippen LogP contribution in [0.3, 0.4) is 0 Å². The molecule has 4 nitrogen and oxygen atoms in total. The fraction of sp³-hybridized carbons (Fsp3) is 0.381. The zero-order valence-corrected chi connectivity index (χ0v) is 15.0. The molecule has 2 aliphatic heterocycles. The highest BCUT2D eigenvalue weighted by atomic mass is 16.2. The van der Waals surface area contributed by atoms with Crippen LogP contribution in [-0.2, 0) is 24.3 Å². The molecule has 0 spiro atoms. The Morgan fingerprint density at radius 1 is 1.20 bits per heavy atom. The second-order valence-electron chi connectivity index (χ2n) is 7.08. The highest BCUT2D eigenvalue weighted by Gasteiger charge is 2.28. The number of benzene rings is 1. The molecule has 1 aromatic carbocycles. The summed E-state index contributed by atoms with van der Waals surface area (Å²) in [6.45, 7) is 7.67. The SMILES string of the molecule is CC[C@@H](C)N1Cc2cc3c(cc2CC1=O)CN=C3c1ccnc(C)c1. The number of hydrogen-bond acceptors (Lipinski definition) is 3. The molecule has 4 rings (SSSR count). The predicted octanol–water partition coefficient (Wildman–Crippen LogP) is 3.42. The standard InChI is InChI=1S/C21H23N3O/c1-4-14(3)24-12-18-9-19-17(8-16(18)10-20(24)25)11-23-21(19)15-5-6-22-13(2)7-15/h5-9,14H,4,10-12H2,1-3H3/t14-/m1/s1. The first-order valence-corrected chi connectivity index (χ1v) is 8.98. The Balaban J connectivity index is 1.72. The molecule has 0 aliphatic carbocycles. The Morgan fingerprint density at radius 3 is 2.80 bits per heavy atom. The van der Waals surface area contributed by atoms with Crippen molar-refractivity contribution < 1.29 is 4.79 Å². The van der Waals surface area contributed by atoms with Crippen molar-refractivity contribution in [2.24, 2.45) is 4.99 Å². The van der Waals surface area contributed by atoms with Crippen molar-refractivity contribution in [1.82, 2.24) is 9.88 Å². The van der Waals surface area contributed by atoms with Gasteiger partial charge in [-0.2, -0.15) is 0 Å². The third-order valence-corrected chi connectivity index (χ3v) is 5.38. The van der Waals surface area contributed by atoms with Crippen molar-refractivity contribution in [2.45, 2.75) is 52.7 Å². The van der Waals surface area contributed by atoms with E-state index in [4.69, 9.17) is 4.99 Å². The number of aryl methyl sites for hydroxylation is 1. The number of aromatic nitrogens is 1. The number of carbonyl (C=O) groups is 1. The van der Waals surface area contributed by atoms with Crippen molar-refractivity contribution in [3.8, 4) is 0 Å². The molecule has 0 N–H and O–H groups in total. The first kappa shape index (κ1) is 16.0. The number of carbonyl (C=O) groups excluding carboxylic acids is 1. The number of amides is 1. The second kappa shape index (κ2) is 6.10. The monoisotopic (exact) mass is 333 g/mol. The Bertz CT molecular complexity index is 885. The Labute approximate surface area is 148 Å². The van der Waals surface area contributed by atoms with Crippen LogP contribution in [0.4, 0.5) is 0 Å². The molecule has 25 heavy (non-hydrogen) atoms. The van der Waals surface area contributed by atoms with Gasteiger partial charge in [0, 0.05) is 35.6 Å². The van der Waals surface area contributed by atoms with E-state index < -0.39 is 0 Å². The third-order valence-electron chi connectivity index (χ3n) is 5.38. The minimum atomic E-state index is 0.241. The van der Waals surface area contributed by atoms with E-state index in [9.17, 15) is 4.79 Å². The Hall–Kier alpha value is -2.49. The lowest BCUT2D eigenvalue weighted by molar-refractivity contribution is -0.134. The Morgan fingerprint density at radius 2 is 2.04 bits per heavy atom. The first-order chi connectivity index (χ1) is 12.1. The average Bonchev–Trinajstić information content (AvgIpc) is 3.01. The normalized spacial score (nSPS) is 17.2. The molecular formula is C21H23N3O. The van der Waals surface area contributed by atoms with Gasteiger partial charge in [-0.25, -0.2) is 0 Å². The fourth-order valence-electron chi connectivity index (χ4n) is 3.75. The molecular weight excluding hydrogens is 310 g/mol. The van der Waals surface area contributed by atoms with Crippen molar-refractivity contribution in [3.63, 3.8) is 0 Å². The molecule has 0 bridgehead atoms. The summed E-state index contributed by atoms with van der Waals surface area (Å²) in [4.78, 5) is 23.5. The lowest BCUT2D eigenvalue weighted by Gasteiger charge is -2.33. The molecule has 0 saturated carbocycles. The van der Waals surface area contributed by atoms with Crippen LogP contribution in [0.2, 0.25) is 0 Å². The van der Waals surface area contributed by atoms with E-state index in [0.717, 1.165) is 23.4 Å². The number of hydrogen-bond donors (Lipinski definition) is 0. The number of aliphatic imine (C=N–C) groups is 1. The third kappa shape index (κ3) is 2.76. The first-order valence-electron chi connectivity index (χ1n) is 8.98. The summed E-state index contributed by atoms with van der Waals surface area (Å²) < 4.78 is 0. The van der Waals surface area contributed by atoms with Gasteiger partial charge in [0.2, 0.25) is 5.91 Å². The molecule has 2 aliphatic rings. The van der Waals surface area contributed by atoms with Gasteiger partial charge in [0.1, 0.15) is 0 Å². The summed E-state index contributed by atoms with van der Waals surface area (Å²) in [5.74, 6) is 0.241. The van der Waals surface area contributed by atoms with Gasteiger partial charge in [-0.1, -0.05) is 13.0 Å². The van der Waals surface area contributed by atoms with Crippen LogP contribution in [0, 0.1) is 6.92 Å². The van der Waals surface area contributed by atoms with Gasteiger partial charge >= 0.3 is 0 Å². The maximum Gasteiger partial charge on any atom is 0.227 e. The lowest BCUT2D eigenvalue weighted by Crippen LogP contribution is -2.42. The van der Waals surface area contributed by atoms with Crippen molar-refractivity contribution >= 4 is 11.6 Å². The van der Waals surface area contributed by atoms with E-state index in [-0.39, 0.29) is 11.9 Å². The van der Waals surface area contributed by atoms with E-state index >= 15 is 0 Å². The summed E-state index contributed by atoms with van der Waals surface area (Å²) in [7, 11) is 0. The van der Waals surface area contributed by atoms with Gasteiger partial charge in [-0.3, -0.25) is 14.8 Å². The smallest absolute Gasteiger partial charge is 0.227 e. The van der Waals surface area contributed by atoms with E-state index in [1.165, 1.54) is 22.3 Å². The van der Waals surface area contributed by atoms with Gasteiger partial charge in [-0.05, 0) is 55.2 Å². The molecule has 0 fully saturated rings. The maximum atomic E-state index is 12.5. The molecule has 3 heterocycles. The molecule has 0 unspecified atom stereocenters. The van der Waals surface area contributed by atoms with Crippen LogP contribution >= 0.6 is 0 Å². The van der Waals surface area contributed by atoms with Crippen molar-refractivity contribution in [1.29, 1.82) is 0 Å². The van der Waals surface area contributed by atoms with Gasteiger partial charge in [0.15, 0.2) is 0 Å². The molecule has 2 aromatic rings. The molecule has 1 atom stereocenters. The molecule has 128 valence electrons. The number of rotatable bonds is 3. The van der Waals surface area contributed by atoms with Crippen LogP contribution in [0.1, 0.15) is 53.8 Å². The minimum Gasteiger partial charge on any atom is -0.335 e. The van der Waals surface area contributed by atoms with E-state index in [1.54, 1.807) is 0 Å². The van der Waals surface area contributed by atoms with Crippen LogP contribution in [0.25, 0.3) is 0 Å². The van der Waals surface area contributed by atoms with E-state index in [0.29, 0.717) is 19.5 Å². The highest BCUT2D eigenvalue weighted by molar-refractivity contribution is 6.15. The Kier molecular flexibility index (Phi) is 3.91. The zero-order chi connectivity index (χ0) is 17.6. The predicted molar refractivity (Wildman–Crippen MR) is 98.8 cm³/mol. The molecule has 1 amide bonds. The quantitative estimate of drug-likeness (QED) is 0.864. The van der Waals surface area contributed by atoms with Gasteiger partial charge in [0.05, 0.1) is 18.7 Å². The van der Waals surface area contributed by atoms with Crippen molar-refractivity contribution in [2.75, 3.05) is 0 Å². The average molecular weight is 333 g/mol. The summed E-state index contributed by atoms with van der Waals surface area (Å²) >= 11 is 0. The summed E-state index contributed by atoms with van der Waals surface area (Å²) in [6, 6.07) is 8.84. The zero-order valence-electron chi connectivity index (χ0n) is 15.0. The molecule has 1 aromatic heterocycles. The van der Waals surface area contributed by atoms with E-state index in [1.807, 2.05) is 24.1 Å². The van der Waals surface area contributed by atoms with Crippen LogP contribution in [0.15, 0.2) is 35.5 Å². The van der Waals surface area contributed by atoms with Crippen molar-refractivity contribution in [3.05, 3.63) is 64.0 Å².